The van der Waals surface area contributed by atoms with Crippen molar-refractivity contribution < 1.29 is 19.0 Å². The summed E-state index contributed by atoms with van der Waals surface area (Å²) >= 11 is 0. The molecule has 0 unspecified atom stereocenters. The predicted molar refractivity (Wildman–Crippen MR) is 120 cm³/mol. The van der Waals surface area contributed by atoms with Crippen molar-refractivity contribution in [2.24, 2.45) is 5.92 Å². The number of ether oxygens (including phenoxy) is 3. The summed E-state index contributed by atoms with van der Waals surface area (Å²) in [7, 11) is 3.58. The smallest absolute Gasteiger partial charge is 0.236 e. The first kappa shape index (κ1) is 21.5. The first-order valence-electron chi connectivity index (χ1n) is 11.0. The number of amides is 1. The van der Waals surface area contributed by atoms with E-state index in [1.807, 2.05) is 30.1 Å². The molecule has 0 aromatic heterocycles. The summed E-state index contributed by atoms with van der Waals surface area (Å²) in [5, 5.41) is 0. The zero-order valence-corrected chi connectivity index (χ0v) is 18.8. The van der Waals surface area contributed by atoms with Crippen molar-refractivity contribution in [3.05, 3.63) is 53.6 Å². The molecule has 0 radical (unpaired) electrons. The average Bonchev–Trinajstić information content (AvgIpc) is 3.39. The molecule has 2 aromatic rings. The Balaban J connectivity index is 1.55. The third kappa shape index (κ3) is 4.79. The summed E-state index contributed by atoms with van der Waals surface area (Å²) in [4.78, 5) is 17.1. The highest BCUT2D eigenvalue weighted by atomic mass is 16.7. The van der Waals surface area contributed by atoms with Gasteiger partial charge in [0.2, 0.25) is 12.7 Å². The number of hydrogen-bond donors (Lipinski definition) is 0. The number of fused-ring (bicyclic) bond motifs is 1. The van der Waals surface area contributed by atoms with Crippen LogP contribution < -0.4 is 14.2 Å². The molecule has 2 atom stereocenters. The Labute approximate surface area is 184 Å². The lowest BCUT2D eigenvalue weighted by molar-refractivity contribution is -0.131. The van der Waals surface area contributed by atoms with Crippen molar-refractivity contribution in [2.45, 2.75) is 32.2 Å². The van der Waals surface area contributed by atoms with Gasteiger partial charge >= 0.3 is 0 Å². The molecular formula is C25H32N2O4. The zero-order valence-electron chi connectivity index (χ0n) is 18.8. The normalized spacial score (nSPS) is 20.3. The molecule has 2 heterocycles. The number of methoxy groups -OCH3 is 1. The van der Waals surface area contributed by atoms with Gasteiger partial charge in [0.05, 0.1) is 13.7 Å². The van der Waals surface area contributed by atoms with Crippen molar-refractivity contribution in [1.82, 2.24) is 9.80 Å². The Morgan fingerprint density at radius 1 is 1.13 bits per heavy atom. The van der Waals surface area contributed by atoms with E-state index in [0.717, 1.165) is 36.8 Å². The van der Waals surface area contributed by atoms with Crippen LogP contribution in [0, 0.1) is 5.92 Å². The third-order valence-corrected chi connectivity index (χ3v) is 6.18. The number of carbonyl (C=O) groups is 1. The minimum Gasteiger partial charge on any atom is -0.497 e. The van der Waals surface area contributed by atoms with Crippen LogP contribution in [0.25, 0.3) is 0 Å². The Hall–Kier alpha value is -2.73. The predicted octanol–water partition coefficient (Wildman–Crippen LogP) is 4.07. The van der Waals surface area contributed by atoms with Crippen molar-refractivity contribution >= 4 is 5.91 Å². The highest BCUT2D eigenvalue weighted by molar-refractivity contribution is 5.78. The number of nitrogens with zero attached hydrogens (tertiary/aromatic N) is 2. The van der Waals surface area contributed by atoms with Crippen molar-refractivity contribution in [3.8, 4) is 17.2 Å². The molecule has 166 valence electrons. The number of likely N-dealkylation sites (N-methyl/N-ethyl adjacent to an activating group) is 1. The van der Waals surface area contributed by atoms with E-state index < -0.39 is 0 Å². The summed E-state index contributed by atoms with van der Waals surface area (Å²) in [5.74, 6) is 3.39. The largest absolute Gasteiger partial charge is 0.497 e. The van der Waals surface area contributed by atoms with Crippen LogP contribution in [0.5, 0.6) is 17.2 Å². The monoisotopic (exact) mass is 424 g/mol. The first-order valence-corrected chi connectivity index (χ1v) is 11.0. The van der Waals surface area contributed by atoms with Crippen molar-refractivity contribution in [1.29, 1.82) is 0 Å². The van der Waals surface area contributed by atoms with Crippen LogP contribution in [0.4, 0.5) is 0 Å². The quantitative estimate of drug-likeness (QED) is 0.671. The molecule has 0 bridgehead atoms. The van der Waals surface area contributed by atoms with Gasteiger partial charge in [0.25, 0.3) is 0 Å². The highest BCUT2D eigenvalue weighted by Crippen LogP contribution is 2.43. The Morgan fingerprint density at radius 3 is 2.55 bits per heavy atom. The maximum absolute atomic E-state index is 12.9. The first-order chi connectivity index (χ1) is 14.9. The van der Waals surface area contributed by atoms with Crippen LogP contribution in [0.15, 0.2) is 42.5 Å². The lowest BCUT2D eigenvalue weighted by Gasteiger charge is -2.27. The minimum atomic E-state index is 0.165. The van der Waals surface area contributed by atoms with E-state index in [9.17, 15) is 4.79 Å². The second kappa shape index (κ2) is 9.18. The molecule has 6 heteroatoms. The third-order valence-electron chi connectivity index (χ3n) is 6.18. The Morgan fingerprint density at radius 2 is 1.84 bits per heavy atom. The van der Waals surface area contributed by atoms with Gasteiger partial charge in [-0.25, -0.2) is 0 Å². The summed E-state index contributed by atoms with van der Waals surface area (Å²) in [5.41, 5.74) is 2.44. The molecule has 4 rings (SSSR count). The molecule has 0 saturated carbocycles. The number of benzene rings is 2. The molecule has 2 aromatic carbocycles. The van der Waals surface area contributed by atoms with Gasteiger partial charge in [-0.15, -0.1) is 0 Å². The van der Waals surface area contributed by atoms with E-state index in [0.29, 0.717) is 18.4 Å². The van der Waals surface area contributed by atoms with E-state index in [2.05, 4.69) is 43.0 Å². The lowest BCUT2D eigenvalue weighted by atomic mass is 9.93. The van der Waals surface area contributed by atoms with Crippen LogP contribution in [-0.4, -0.2) is 56.3 Å². The Bertz CT molecular complexity index is 912. The highest BCUT2D eigenvalue weighted by Gasteiger charge is 2.36. The summed E-state index contributed by atoms with van der Waals surface area (Å²) in [6, 6.07) is 14.6. The van der Waals surface area contributed by atoms with Gasteiger partial charge in [0.1, 0.15) is 5.75 Å². The topological polar surface area (TPSA) is 51.2 Å². The van der Waals surface area contributed by atoms with E-state index in [-0.39, 0.29) is 18.7 Å². The number of carbonyl (C=O) groups excluding carboxylic acids is 1. The van der Waals surface area contributed by atoms with Gasteiger partial charge in [0, 0.05) is 26.2 Å². The summed E-state index contributed by atoms with van der Waals surface area (Å²) < 4.78 is 16.4. The second-order valence-corrected chi connectivity index (χ2v) is 8.93. The van der Waals surface area contributed by atoms with E-state index in [1.165, 1.54) is 11.1 Å². The van der Waals surface area contributed by atoms with E-state index >= 15 is 0 Å². The molecule has 2 aliphatic heterocycles. The zero-order chi connectivity index (χ0) is 22.0. The summed E-state index contributed by atoms with van der Waals surface area (Å²) in [6.45, 7) is 6.57. The minimum absolute atomic E-state index is 0.165. The SMILES string of the molecule is COc1ccc([C@H]2C[C@H](c3ccc4c(c3)OCO4)CN2CC(=O)N(C)CC(C)C)cc1. The second-order valence-electron chi connectivity index (χ2n) is 8.93. The maximum atomic E-state index is 12.9. The molecule has 6 nitrogen and oxygen atoms in total. The molecule has 1 fully saturated rings. The molecular weight excluding hydrogens is 392 g/mol. The molecule has 0 spiro atoms. The van der Waals surface area contributed by atoms with Gasteiger partial charge < -0.3 is 19.1 Å². The van der Waals surface area contributed by atoms with Gasteiger partial charge in [-0.3, -0.25) is 9.69 Å². The van der Waals surface area contributed by atoms with Crippen LogP contribution >= 0.6 is 0 Å². The fourth-order valence-corrected chi connectivity index (χ4v) is 4.60. The van der Waals surface area contributed by atoms with Crippen LogP contribution in [0.2, 0.25) is 0 Å². The van der Waals surface area contributed by atoms with Crippen LogP contribution in [0.3, 0.4) is 0 Å². The number of likely N-dealkylation sites (tertiary alicyclic amines) is 1. The van der Waals surface area contributed by atoms with Gasteiger partial charge in [-0.2, -0.15) is 0 Å². The van der Waals surface area contributed by atoms with Gasteiger partial charge in [0.15, 0.2) is 11.5 Å². The maximum Gasteiger partial charge on any atom is 0.236 e. The number of hydrogen-bond acceptors (Lipinski definition) is 5. The fourth-order valence-electron chi connectivity index (χ4n) is 4.60. The van der Waals surface area contributed by atoms with Crippen LogP contribution in [-0.2, 0) is 4.79 Å². The van der Waals surface area contributed by atoms with Gasteiger partial charge in [-0.05, 0) is 53.6 Å². The van der Waals surface area contributed by atoms with E-state index in [4.69, 9.17) is 14.2 Å². The summed E-state index contributed by atoms with van der Waals surface area (Å²) in [6.07, 6.45) is 0.952. The molecule has 1 saturated heterocycles. The molecule has 1 amide bonds. The molecule has 0 aliphatic carbocycles. The van der Waals surface area contributed by atoms with Gasteiger partial charge in [-0.1, -0.05) is 32.0 Å². The number of rotatable bonds is 7. The van der Waals surface area contributed by atoms with E-state index in [1.54, 1.807) is 7.11 Å². The lowest BCUT2D eigenvalue weighted by Crippen LogP contribution is -2.39. The van der Waals surface area contributed by atoms with Crippen molar-refractivity contribution in [3.63, 3.8) is 0 Å². The van der Waals surface area contributed by atoms with Crippen LogP contribution in [0.1, 0.15) is 43.4 Å². The molecule has 31 heavy (non-hydrogen) atoms. The fraction of sp³-hybridized carbons (Fsp3) is 0.480. The standard InChI is InChI=1S/C25H32N2O4/c1-17(2)13-26(3)25(28)15-27-14-20(19-7-10-23-24(12-19)31-16-30-23)11-22(27)18-5-8-21(29-4)9-6-18/h5-10,12,17,20,22H,11,13-16H2,1-4H3/t20-,22+/m0/s1. The molecule has 0 N–H and O–H groups in total. The Kier molecular flexibility index (Phi) is 6.37. The molecule has 2 aliphatic rings. The van der Waals surface area contributed by atoms with Crippen molar-refractivity contribution in [2.75, 3.05) is 40.6 Å². The average molecular weight is 425 g/mol.